The number of hydrogen-bond acceptors (Lipinski definition) is 12. The summed E-state index contributed by atoms with van der Waals surface area (Å²) in [5.41, 5.74) is 1.28. The zero-order valence-corrected chi connectivity index (χ0v) is 29.4. The molecule has 18 heteroatoms. The monoisotopic (exact) mass is 736 g/mol. The Balaban J connectivity index is 2.09. The van der Waals surface area contributed by atoms with Gasteiger partial charge >= 0.3 is 17.9 Å². The maximum Gasteiger partial charge on any atom is 0.335 e. The topological polar surface area (TPSA) is 287 Å². The average molecular weight is 737 g/mol. The number of carboxylic acid groups (broad SMARTS) is 2. The molecule has 0 aromatic heterocycles. The lowest BCUT2D eigenvalue weighted by Crippen LogP contribution is -2.59. The standard InChI is InChI=1S/C34H48N4O14/c1-6-7-20(13-25(41)42)32(47)35-14-24(40)38-26(16(2)3)33(48)36-17(4)31(46)37-22-10-8-21(15-51-18(5)39)19(12-22)9-11-23-27(43)28(44)29(45)30(52-23)34(49)50/h6,8,10,12,16-17,20,23,26-30,43-45H,1,7,9,11,13-15H2,2-5H3,(H,35,47)(H,36,48)(H,37,46)(H,38,40)(H,41,42)(H,49,50)/t17-,20?,23-,26-,27-,28+,29-,30-/m0/s1. The summed E-state index contributed by atoms with van der Waals surface area (Å²) in [5.74, 6) is -7.37. The number of carbonyl (C=O) groups excluding carboxylic acids is 5. The van der Waals surface area contributed by atoms with E-state index in [9.17, 15) is 54.0 Å². The zero-order valence-electron chi connectivity index (χ0n) is 29.4. The number of amides is 4. The van der Waals surface area contributed by atoms with Crippen molar-refractivity contribution in [3.05, 3.63) is 42.0 Å². The molecule has 18 nitrogen and oxygen atoms in total. The van der Waals surface area contributed by atoms with Gasteiger partial charge in [0, 0.05) is 12.6 Å². The number of carbonyl (C=O) groups is 7. The van der Waals surface area contributed by atoms with Crippen LogP contribution < -0.4 is 21.3 Å². The lowest BCUT2D eigenvalue weighted by molar-refractivity contribution is -0.228. The molecular formula is C34H48N4O14. The minimum atomic E-state index is -1.85. The van der Waals surface area contributed by atoms with Crippen LogP contribution in [-0.2, 0) is 56.1 Å². The van der Waals surface area contributed by atoms with Crippen molar-refractivity contribution in [3.63, 3.8) is 0 Å². The number of ether oxygens (including phenoxy) is 2. The van der Waals surface area contributed by atoms with E-state index < -0.39 is 109 Å². The van der Waals surface area contributed by atoms with Crippen molar-refractivity contribution < 1.29 is 68.6 Å². The van der Waals surface area contributed by atoms with E-state index in [2.05, 4.69) is 27.8 Å². The highest BCUT2D eigenvalue weighted by molar-refractivity contribution is 5.98. The van der Waals surface area contributed by atoms with E-state index in [1.165, 1.54) is 26.0 Å². The summed E-state index contributed by atoms with van der Waals surface area (Å²) in [5, 5.41) is 59.0. The highest BCUT2D eigenvalue weighted by Gasteiger charge is 2.46. The van der Waals surface area contributed by atoms with Gasteiger partial charge in [-0.25, -0.2) is 4.79 Å². The van der Waals surface area contributed by atoms with E-state index in [0.29, 0.717) is 11.1 Å². The highest BCUT2D eigenvalue weighted by Crippen LogP contribution is 2.27. The van der Waals surface area contributed by atoms with Gasteiger partial charge in [0.2, 0.25) is 23.6 Å². The Labute approximate surface area is 299 Å². The Morgan fingerprint density at radius 3 is 2.17 bits per heavy atom. The van der Waals surface area contributed by atoms with Gasteiger partial charge in [-0.15, -0.1) is 6.58 Å². The smallest absolute Gasteiger partial charge is 0.335 e. The van der Waals surface area contributed by atoms with Crippen LogP contribution in [0, 0.1) is 11.8 Å². The van der Waals surface area contributed by atoms with Crippen molar-refractivity contribution in [2.75, 3.05) is 11.9 Å². The molecule has 1 unspecified atom stereocenters. The van der Waals surface area contributed by atoms with Gasteiger partial charge in [0.25, 0.3) is 0 Å². The van der Waals surface area contributed by atoms with Crippen molar-refractivity contribution in [2.24, 2.45) is 11.8 Å². The Bertz CT molecular complexity index is 1480. The van der Waals surface area contributed by atoms with Crippen LogP contribution in [-0.4, -0.2) is 116 Å². The molecule has 1 saturated heterocycles. The number of anilines is 1. The molecule has 8 atom stereocenters. The molecule has 0 radical (unpaired) electrons. The fraction of sp³-hybridized carbons (Fsp3) is 0.559. The van der Waals surface area contributed by atoms with Crippen molar-refractivity contribution in [1.82, 2.24) is 16.0 Å². The first-order chi connectivity index (χ1) is 24.4. The summed E-state index contributed by atoms with van der Waals surface area (Å²) in [7, 11) is 0. The van der Waals surface area contributed by atoms with E-state index in [1.807, 2.05) is 0 Å². The second kappa shape index (κ2) is 20.2. The number of aryl methyl sites for hydroxylation is 1. The number of rotatable bonds is 19. The third-order valence-electron chi connectivity index (χ3n) is 8.24. The maximum absolute atomic E-state index is 13.1. The van der Waals surface area contributed by atoms with Gasteiger partial charge in [0.1, 0.15) is 37.0 Å². The summed E-state index contributed by atoms with van der Waals surface area (Å²) in [6.45, 7) is 8.75. The fourth-order valence-corrected chi connectivity index (χ4v) is 5.33. The number of carboxylic acids is 2. The van der Waals surface area contributed by atoms with Crippen LogP contribution in [0.15, 0.2) is 30.9 Å². The molecule has 1 fully saturated rings. The van der Waals surface area contributed by atoms with E-state index >= 15 is 0 Å². The first kappa shape index (κ1) is 43.3. The van der Waals surface area contributed by atoms with Gasteiger partial charge in [0.15, 0.2) is 6.10 Å². The zero-order chi connectivity index (χ0) is 39.3. The second-order valence-corrected chi connectivity index (χ2v) is 12.8. The van der Waals surface area contributed by atoms with E-state index in [4.69, 9.17) is 14.6 Å². The van der Waals surface area contributed by atoms with Crippen LogP contribution >= 0.6 is 0 Å². The largest absolute Gasteiger partial charge is 0.481 e. The van der Waals surface area contributed by atoms with Crippen LogP contribution in [0.4, 0.5) is 5.69 Å². The number of hydrogen-bond donors (Lipinski definition) is 9. The lowest BCUT2D eigenvalue weighted by Gasteiger charge is -2.39. The van der Waals surface area contributed by atoms with Gasteiger partial charge in [-0.3, -0.25) is 28.8 Å². The number of aliphatic carboxylic acids is 2. The van der Waals surface area contributed by atoms with Crippen LogP contribution in [0.5, 0.6) is 0 Å². The molecule has 0 saturated carbocycles. The van der Waals surface area contributed by atoms with E-state index in [0.717, 1.165) is 0 Å². The number of esters is 1. The molecule has 0 aliphatic carbocycles. The number of nitrogens with one attached hydrogen (secondary N) is 4. The first-order valence-electron chi connectivity index (χ1n) is 16.5. The Kier molecular flexibility index (Phi) is 16.8. The molecule has 4 amide bonds. The SMILES string of the molecule is C=CCC(CC(=O)O)C(=O)NCC(=O)N[C@H](C(=O)N[C@@H](C)C(=O)Nc1ccc(COC(C)=O)c(CC[C@@H]2O[C@H](C(=O)O)[C@@H](O)[C@H](O)[C@H]2O)c1)C(C)C. The summed E-state index contributed by atoms with van der Waals surface area (Å²) in [6, 6.07) is 2.41. The third kappa shape index (κ3) is 13.0. The third-order valence-corrected chi connectivity index (χ3v) is 8.24. The predicted octanol–water partition coefficient (Wildman–Crippen LogP) is -1.02. The molecule has 1 aliphatic rings. The first-order valence-corrected chi connectivity index (χ1v) is 16.5. The highest BCUT2D eigenvalue weighted by atomic mass is 16.6. The van der Waals surface area contributed by atoms with Crippen LogP contribution in [0.25, 0.3) is 0 Å². The van der Waals surface area contributed by atoms with Crippen molar-refractivity contribution in [2.45, 2.75) is 103 Å². The molecule has 1 heterocycles. The van der Waals surface area contributed by atoms with Gasteiger partial charge in [0.05, 0.1) is 25.0 Å². The van der Waals surface area contributed by atoms with Gasteiger partial charge in [-0.1, -0.05) is 26.0 Å². The molecule has 1 aliphatic heterocycles. The molecule has 0 spiro atoms. The summed E-state index contributed by atoms with van der Waals surface area (Å²) >= 11 is 0. The Morgan fingerprint density at radius 1 is 0.923 bits per heavy atom. The van der Waals surface area contributed by atoms with Crippen molar-refractivity contribution in [3.8, 4) is 0 Å². The van der Waals surface area contributed by atoms with Gasteiger partial charge < -0.3 is 56.3 Å². The van der Waals surface area contributed by atoms with Crippen molar-refractivity contribution in [1.29, 1.82) is 0 Å². The van der Waals surface area contributed by atoms with E-state index in [1.54, 1.807) is 26.0 Å². The molecule has 52 heavy (non-hydrogen) atoms. The predicted molar refractivity (Wildman–Crippen MR) is 181 cm³/mol. The number of aliphatic hydroxyl groups excluding tert-OH is 3. The molecule has 1 aromatic rings. The minimum Gasteiger partial charge on any atom is -0.481 e. The summed E-state index contributed by atoms with van der Waals surface area (Å²) < 4.78 is 10.5. The van der Waals surface area contributed by atoms with Crippen LogP contribution in [0.3, 0.4) is 0 Å². The van der Waals surface area contributed by atoms with E-state index in [-0.39, 0.29) is 31.6 Å². The minimum absolute atomic E-state index is 0.0324. The number of allylic oxidation sites excluding steroid dienone is 1. The lowest BCUT2D eigenvalue weighted by atomic mass is 9.91. The molecule has 1 aromatic carbocycles. The van der Waals surface area contributed by atoms with Crippen LogP contribution in [0.1, 0.15) is 58.1 Å². The number of aliphatic hydroxyl groups is 3. The summed E-state index contributed by atoms with van der Waals surface area (Å²) in [4.78, 5) is 85.2. The van der Waals surface area contributed by atoms with Gasteiger partial charge in [-0.2, -0.15) is 0 Å². The maximum atomic E-state index is 13.1. The average Bonchev–Trinajstić information content (AvgIpc) is 3.06. The normalized spacial score (nSPS) is 21.5. The molecule has 0 bridgehead atoms. The Morgan fingerprint density at radius 2 is 1.60 bits per heavy atom. The number of benzene rings is 1. The molecular weight excluding hydrogens is 688 g/mol. The van der Waals surface area contributed by atoms with Crippen LogP contribution in [0.2, 0.25) is 0 Å². The second-order valence-electron chi connectivity index (χ2n) is 12.8. The summed E-state index contributed by atoms with van der Waals surface area (Å²) in [6.07, 6.45) is -7.12. The molecule has 2 rings (SSSR count). The fourth-order valence-electron chi connectivity index (χ4n) is 5.33. The van der Waals surface area contributed by atoms with Crippen molar-refractivity contribution >= 4 is 47.2 Å². The molecule has 9 N–H and O–H groups in total. The quantitative estimate of drug-likeness (QED) is 0.0608. The van der Waals surface area contributed by atoms with Gasteiger partial charge in [-0.05, 0) is 55.4 Å². The molecule has 288 valence electrons. The Hall–Kier alpha value is -4.91.